The number of nitrogens with one attached hydrogen (secondary N) is 1. The molecule has 0 amide bonds. The Morgan fingerprint density at radius 1 is 0.952 bits per heavy atom. The van der Waals surface area contributed by atoms with Gasteiger partial charge in [-0.15, -0.1) is 0 Å². The fourth-order valence-electron chi connectivity index (χ4n) is 2.33. The monoisotopic (exact) mass is 321 g/mol. The molecule has 112 valence electrons. The molecule has 0 heterocycles. The molecule has 0 aromatic heterocycles. The first-order chi connectivity index (χ1) is 9.99. The molecule has 0 bridgehead atoms. The lowest BCUT2D eigenvalue weighted by Gasteiger charge is -2.27. The van der Waals surface area contributed by atoms with Crippen molar-refractivity contribution >= 4 is 23.2 Å². The van der Waals surface area contributed by atoms with Crippen molar-refractivity contribution in [2.24, 2.45) is 0 Å². The summed E-state index contributed by atoms with van der Waals surface area (Å²) in [5.41, 5.74) is 2.41. The van der Waals surface area contributed by atoms with Gasteiger partial charge >= 0.3 is 0 Å². The van der Waals surface area contributed by atoms with Gasteiger partial charge in [0.25, 0.3) is 0 Å². The lowest BCUT2D eigenvalue weighted by molar-refractivity contribution is 0.400. The molecule has 2 rings (SSSR count). The lowest BCUT2D eigenvalue weighted by atomic mass is 9.94. The normalized spacial score (nSPS) is 11.6. The Bertz CT molecular complexity index is 579. The highest BCUT2D eigenvalue weighted by Gasteiger charge is 2.20. The zero-order valence-electron chi connectivity index (χ0n) is 12.5. The van der Waals surface area contributed by atoms with Crippen molar-refractivity contribution in [3.05, 3.63) is 69.7 Å². The number of aryl methyl sites for hydroxylation is 1. The van der Waals surface area contributed by atoms with Crippen molar-refractivity contribution in [2.75, 3.05) is 6.54 Å². The summed E-state index contributed by atoms with van der Waals surface area (Å²) < 4.78 is 0. The molecule has 0 atom stereocenters. The maximum Gasteiger partial charge on any atom is 0.0595 e. The average Bonchev–Trinajstić information content (AvgIpc) is 2.47. The van der Waals surface area contributed by atoms with Crippen LogP contribution < -0.4 is 5.32 Å². The topological polar surface area (TPSA) is 12.0 Å². The molecule has 0 aliphatic rings. The molecule has 0 saturated carbocycles. The van der Waals surface area contributed by atoms with Crippen LogP contribution in [0.5, 0.6) is 0 Å². The second-order valence-electron chi connectivity index (χ2n) is 5.77. The Hall–Kier alpha value is -1.02. The highest BCUT2D eigenvalue weighted by molar-refractivity contribution is 6.42. The molecule has 1 nitrogen and oxygen atoms in total. The van der Waals surface area contributed by atoms with Gasteiger partial charge in [0.15, 0.2) is 0 Å². The molecule has 21 heavy (non-hydrogen) atoms. The molecule has 0 unspecified atom stereocenters. The van der Waals surface area contributed by atoms with Gasteiger partial charge in [0.05, 0.1) is 10.0 Å². The minimum atomic E-state index is -0.120. The molecule has 0 saturated heterocycles. The van der Waals surface area contributed by atoms with Gasteiger partial charge in [0.2, 0.25) is 0 Å². The van der Waals surface area contributed by atoms with Gasteiger partial charge in [-0.05, 0) is 56.5 Å². The second kappa shape index (κ2) is 7.31. The number of halogens is 2. The van der Waals surface area contributed by atoms with E-state index in [1.807, 2.05) is 18.2 Å². The van der Waals surface area contributed by atoms with Crippen molar-refractivity contribution in [3.8, 4) is 0 Å². The van der Waals surface area contributed by atoms with Crippen molar-refractivity contribution in [3.63, 3.8) is 0 Å². The van der Waals surface area contributed by atoms with Crippen LogP contribution in [-0.4, -0.2) is 6.54 Å². The number of benzene rings is 2. The fourth-order valence-corrected chi connectivity index (χ4v) is 2.62. The standard InChI is InChI=1S/C18H21Cl2N/c1-18(2,15-10-11-16(19)17(20)13-15)21-12-6-9-14-7-4-3-5-8-14/h3-5,7-8,10-11,13,21H,6,9,12H2,1-2H3. The first-order valence-corrected chi connectivity index (χ1v) is 7.99. The summed E-state index contributed by atoms with van der Waals surface area (Å²) in [6.07, 6.45) is 2.19. The minimum Gasteiger partial charge on any atom is -0.308 e. The zero-order valence-corrected chi connectivity index (χ0v) is 14.0. The predicted octanol–water partition coefficient (Wildman–Crippen LogP) is 5.45. The molecular formula is C18H21Cl2N. The summed E-state index contributed by atoms with van der Waals surface area (Å²) >= 11 is 12.1. The molecule has 2 aromatic carbocycles. The first-order valence-electron chi connectivity index (χ1n) is 7.23. The van der Waals surface area contributed by atoms with Crippen molar-refractivity contribution in [1.29, 1.82) is 0 Å². The number of hydrogen-bond donors (Lipinski definition) is 1. The zero-order chi connectivity index (χ0) is 15.3. The first kappa shape index (κ1) is 16.4. The molecule has 1 N–H and O–H groups in total. The van der Waals surface area contributed by atoms with Gasteiger partial charge in [-0.1, -0.05) is 59.6 Å². The maximum absolute atomic E-state index is 6.10. The van der Waals surface area contributed by atoms with Crippen molar-refractivity contribution < 1.29 is 0 Å². The van der Waals surface area contributed by atoms with Crippen LogP contribution in [0.25, 0.3) is 0 Å². The largest absolute Gasteiger partial charge is 0.308 e. The Morgan fingerprint density at radius 3 is 2.33 bits per heavy atom. The molecule has 3 heteroatoms. The van der Waals surface area contributed by atoms with E-state index in [-0.39, 0.29) is 5.54 Å². The molecule has 0 aliphatic carbocycles. The molecule has 2 aromatic rings. The maximum atomic E-state index is 6.10. The highest BCUT2D eigenvalue weighted by Crippen LogP contribution is 2.28. The number of rotatable bonds is 6. The van der Waals surface area contributed by atoms with Crippen LogP contribution in [-0.2, 0) is 12.0 Å². The van der Waals surface area contributed by atoms with Crippen LogP contribution in [0.3, 0.4) is 0 Å². The van der Waals surface area contributed by atoms with E-state index >= 15 is 0 Å². The Kier molecular flexibility index (Phi) is 5.69. The van der Waals surface area contributed by atoms with Gasteiger partial charge in [-0.25, -0.2) is 0 Å². The lowest BCUT2D eigenvalue weighted by Crippen LogP contribution is -2.37. The summed E-state index contributed by atoms with van der Waals surface area (Å²) in [6.45, 7) is 5.28. The summed E-state index contributed by atoms with van der Waals surface area (Å²) in [5.74, 6) is 0. The third-order valence-electron chi connectivity index (χ3n) is 3.69. The van der Waals surface area contributed by atoms with Crippen LogP contribution in [0.2, 0.25) is 10.0 Å². The summed E-state index contributed by atoms with van der Waals surface area (Å²) in [4.78, 5) is 0. The average molecular weight is 322 g/mol. The van der Waals surface area contributed by atoms with E-state index < -0.39 is 0 Å². The third-order valence-corrected chi connectivity index (χ3v) is 4.43. The Balaban J connectivity index is 1.87. The van der Waals surface area contributed by atoms with E-state index in [9.17, 15) is 0 Å². The SMILES string of the molecule is CC(C)(NCCCc1ccccc1)c1ccc(Cl)c(Cl)c1. The molecule has 0 spiro atoms. The van der Waals surface area contributed by atoms with E-state index in [0.717, 1.165) is 24.9 Å². The minimum absolute atomic E-state index is 0.120. The van der Waals surface area contributed by atoms with Gasteiger partial charge in [0, 0.05) is 5.54 Å². The van der Waals surface area contributed by atoms with Crippen LogP contribution >= 0.6 is 23.2 Å². The summed E-state index contributed by atoms with van der Waals surface area (Å²) in [6, 6.07) is 16.4. The van der Waals surface area contributed by atoms with Gasteiger partial charge in [-0.2, -0.15) is 0 Å². The van der Waals surface area contributed by atoms with E-state index in [1.165, 1.54) is 5.56 Å². The summed E-state index contributed by atoms with van der Waals surface area (Å²) in [5, 5.41) is 4.79. The van der Waals surface area contributed by atoms with E-state index in [0.29, 0.717) is 10.0 Å². The Labute approximate surface area is 137 Å². The van der Waals surface area contributed by atoms with Crippen LogP contribution in [0, 0.1) is 0 Å². The quantitative estimate of drug-likeness (QED) is 0.697. The molecule has 0 fully saturated rings. The van der Waals surface area contributed by atoms with Crippen molar-refractivity contribution in [1.82, 2.24) is 5.32 Å². The van der Waals surface area contributed by atoms with Crippen LogP contribution in [0.15, 0.2) is 48.5 Å². The van der Waals surface area contributed by atoms with Gasteiger partial charge < -0.3 is 5.32 Å². The van der Waals surface area contributed by atoms with Gasteiger partial charge in [-0.3, -0.25) is 0 Å². The molecule has 0 radical (unpaired) electrons. The van der Waals surface area contributed by atoms with Crippen molar-refractivity contribution in [2.45, 2.75) is 32.2 Å². The number of hydrogen-bond acceptors (Lipinski definition) is 1. The van der Waals surface area contributed by atoms with Crippen LogP contribution in [0.4, 0.5) is 0 Å². The fraction of sp³-hybridized carbons (Fsp3) is 0.333. The Morgan fingerprint density at radius 2 is 1.67 bits per heavy atom. The van der Waals surface area contributed by atoms with E-state index in [1.54, 1.807) is 0 Å². The third kappa shape index (κ3) is 4.74. The van der Waals surface area contributed by atoms with E-state index in [2.05, 4.69) is 49.5 Å². The molecule has 0 aliphatic heterocycles. The highest BCUT2D eigenvalue weighted by atomic mass is 35.5. The van der Waals surface area contributed by atoms with Gasteiger partial charge in [0.1, 0.15) is 0 Å². The van der Waals surface area contributed by atoms with E-state index in [4.69, 9.17) is 23.2 Å². The summed E-state index contributed by atoms with van der Waals surface area (Å²) in [7, 11) is 0. The smallest absolute Gasteiger partial charge is 0.0595 e. The predicted molar refractivity (Wildman–Crippen MR) is 92.3 cm³/mol. The van der Waals surface area contributed by atoms with Crippen LogP contribution in [0.1, 0.15) is 31.4 Å². The molecular weight excluding hydrogens is 301 g/mol. The second-order valence-corrected chi connectivity index (χ2v) is 6.58.